The first-order valence-electron chi connectivity index (χ1n) is 6.93. The molecule has 104 valence electrons. The van der Waals surface area contributed by atoms with Gasteiger partial charge in [0.2, 0.25) is 5.91 Å². The minimum atomic E-state index is 0.272. The van der Waals surface area contributed by atoms with Gasteiger partial charge in [0.15, 0.2) is 5.13 Å². The molecule has 0 aromatic carbocycles. The monoisotopic (exact) mass is 280 g/mol. The van der Waals surface area contributed by atoms with Crippen molar-refractivity contribution in [2.75, 3.05) is 18.8 Å². The molecule has 1 aromatic rings. The summed E-state index contributed by atoms with van der Waals surface area (Å²) in [6, 6.07) is 0.371. The van der Waals surface area contributed by atoms with Crippen LogP contribution in [0.5, 0.6) is 0 Å². The molecule has 6 heteroatoms. The Morgan fingerprint density at radius 3 is 2.74 bits per heavy atom. The summed E-state index contributed by atoms with van der Waals surface area (Å²) in [5.41, 5.74) is 5.64. The molecule has 2 fully saturated rings. The molecule has 1 saturated carbocycles. The van der Waals surface area contributed by atoms with Gasteiger partial charge in [-0.05, 0) is 25.7 Å². The number of nitrogens with zero attached hydrogens (tertiary/aromatic N) is 2. The summed E-state index contributed by atoms with van der Waals surface area (Å²) in [6.07, 6.45) is 6.12. The molecule has 1 amide bonds. The predicted molar refractivity (Wildman–Crippen MR) is 75.7 cm³/mol. The molecule has 3 N–H and O–H groups in total. The first kappa shape index (κ1) is 12.9. The van der Waals surface area contributed by atoms with Crippen molar-refractivity contribution in [3.63, 3.8) is 0 Å². The molecule has 3 rings (SSSR count). The van der Waals surface area contributed by atoms with Gasteiger partial charge >= 0.3 is 0 Å². The van der Waals surface area contributed by atoms with E-state index in [1.54, 1.807) is 11.3 Å². The minimum Gasteiger partial charge on any atom is -0.375 e. The first-order valence-corrected chi connectivity index (χ1v) is 7.75. The maximum absolute atomic E-state index is 11.7. The number of carbonyl (C=O) groups excluding carboxylic acids is 1. The summed E-state index contributed by atoms with van der Waals surface area (Å²) in [5.74, 6) is 0.590. The third-order valence-electron chi connectivity index (χ3n) is 3.83. The van der Waals surface area contributed by atoms with Crippen molar-refractivity contribution < 1.29 is 4.79 Å². The molecule has 2 heterocycles. The Kier molecular flexibility index (Phi) is 3.70. The smallest absolute Gasteiger partial charge is 0.223 e. The molecule has 1 aliphatic heterocycles. The second kappa shape index (κ2) is 5.46. The topological polar surface area (TPSA) is 71.2 Å². The molecular weight excluding hydrogens is 260 g/mol. The van der Waals surface area contributed by atoms with Gasteiger partial charge in [-0.15, -0.1) is 11.3 Å². The summed E-state index contributed by atoms with van der Waals surface area (Å²) in [5, 5.41) is 3.81. The minimum absolute atomic E-state index is 0.272. The molecule has 0 bridgehead atoms. The number of nitrogens with one attached hydrogen (secondary N) is 1. The van der Waals surface area contributed by atoms with E-state index in [-0.39, 0.29) is 5.91 Å². The highest BCUT2D eigenvalue weighted by atomic mass is 32.1. The Labute approximate surface area is 117 Å². The average molecular weight is 280 g/mol. The second-order valence-corrected chi connectivity index (χ2v) is 6.64. The van der Waals surface area contributed by atoms with Crippen LogP contribution in [0.4, 0.5) is 5.13 Å². The third kappa shape index (κ3) is 3.45. The highest BCUT2D eigenvalue weighted by Crippen LogP contribution is 2.29. The lowest BCUT2D eigenvalue weighted by molar-refractivity contribution is -0.123. The van der Waals surface area contributed by atoms with Gasteiger partial charge in [-0.3, -0.25) is 9.69 Å². The van der Waals surface area contributed by atoms with Gasteiger partial charge < -0.3 is 11.1 Å². The van der Waals surface area contributed by atoms with E-state index in [9.17, 15) is 4.79 Å². The molecule has 0 atom stereocenters. The predicted octanol–water partition coefficient (Wildman–Crippen LogP) is 1.22. The van der Waals surface area contributed by atoms with Crippen LogP contribution in [-0.4, -0.2) is 34.9 Å². The number of amides is 1. The Balaban J connectivity index is 1.42. The Morgan fingerprint density at radius 1 is 1.42 bits per heavy atom. The number of carbonyl (C=O) groups is 1. The van der Waals surface area contributed by atoms with Gasteiger partial charge in [0.1, 0.15) is 0 Å². The van der Waals surface area contributed by atoms with E-state index in [0.29, 0.717) is 17.1 Å². The zero-order valence-corrected chi connectivity index (χ0v) is 11.8. The van der Waals surface area contributed by atoms with E-state index in [2.05, 4.69) is 15.2 Å². The standard InChI is InChI=1S/C13H20N4OS/c14-13-15-7-11(19-13)8-17-5-3-10(4-6-17)16-12(18)9-1-2-9/h7,9-10H,1-6,8H2,(H2,14,15)(H,16,18). The van der Waals surface area contributed by atoms with Crippen LogP contribution in [0.3, 0.4) is 0 Å². The molecule has 0 unspecified atom stereocenters. The van der Waals surface area contributed by atoms with Crippen LogP contribution in [-0.2, 0) is 11.3 Å². The second-order valence-electron chi connectivity index (χ2n) is 5.50. The quantitative estimate of drug-likeness (QED) is 0.870. The molecule has 0 radical (unpaired) electrons. The largest absolute Gasteiger partial charge is 0.375 e. The number of hydrogen-bond donors (Lipinski definition) is 2. The van der Waals surface area contributed by atoms with Crippen molar-refractivity contribution in [2.24, 2.45) is 5.92 Å². The number of anilines is 1. The Hall–Kier alpha value is -1.14. The Bertz CT molecular complexity index is 449. The van der Waals surface area contributed by atoms with Crippen LogP contribution in [0.25, 0.3) is 0 Å². The summed E-state index contributed by atoms with van der Waals surface area (Å²) < 4.78 is 0. The van der Waals surface area contributed by atoms with Crippen LogP contribution in [0.1, 0.15) is 30.6 Å². The molecule has 2 aliphatic rings. The van der Waals surface area contributed by atoms with Crippen molar-refractivity contribution in [2.45, 2.75) is 38.3 Å². The third-order valence-corrected chi connectivity index (χ3v) is 4.64. The van der Waals surface area contributed by atoms with Crippen molar-refractivity contribution in [3.8, 4) is 0 Å². The molecule has 1 aliphatic carbocycles. The van der Waals surface area contributed by atoms with E-state index in [1.807, 2.05) is 6.20 Å². The fourth-order valence-electron chi connectivity index (χ4n) is 2.52. The van der Waals surface area contributed by atoms with Crippen LogP contribution in [0.15, 0.2) is 6.20 Å². The van der Waals surface area contributed by atoms with Crippen LogP contribution in [0.2, 0.25) is 0 Å². The summed E-state index contributed by atoms with van der Waals surface area (Å²) in [7, 11) is 0. The maximum Gasteiger partial charge on any atom is 0.223 e. The van der Waals surface area contributed by atoms with Crippen LogP contribution in [0, 0.1) is 5.92 Å². The van der Waals surface area contributed by atoms with Gasteiger partial charge in [-0.2, -0.15) is 0 Å². The number of thiazole rings is 1. The molecule has 1 aromatic heterocycles. The van der Waals surface area contributed by atoms with Crippen molar-refractivity contribution in [1.29, 1.82) is 0 Å². The molecule has 1 saturated heterocycles. The number of piperidine rings is 1. The highest BCUT2D eigenvalue weighted by molar-refractivity contribution is 7.15. The zero-order chi connectivity index (χ0) is 13.2. The molecule has 19 heavy (non-hydrogen) atoms. The van der Waals surface area contributed by atoms with E-state index in [4.69, 9.17) is 5.73 Å². The summed E-state index contributed by atoms with van der Waals surface area (Å²) in [6.45, 7) is 3.00. The Morgan fingerprint density at radius 2 is 2.16 bits per heavy atom. The molecule has 0 spiro atoms. The summed E-state index contributed by atoms with van der Waals surface area (Å²) in [4.78, 5) is 19.4. The summed E-state index contributed by atoms with van der Waals surface area (Å²) >= 11 is 1.56. The van der Waals surface area contributed by atoms with Crippen LogP contribution >= 0.6 is 11.3 Å². The number of nitrogens with two attached hydrogens (primary N) is 1. The maximum atomic E-state index is 11.7. The fourth-order valence-corrected chi connectivity index (χ4v) is 3.24. The average Bonchev–Trinajstić information content (AvgIpc) is 3.17. The van der Waals surface area contributed by atoms with Gasteiger partial charge in [0.05, 0.1) is 0 Å². The first-order chi connectivity index (χ1) is 9.20. The number of likely N-dealkylation sites (tertiary alicyclic amines) is 1. The van der Waals surface area contributed by atoms with Crippen LogP contribution < -0.4 is 11.1 Å². The van der Waals surface area contributed by atoms with Gasteiger partial charge in [0, 0.05) is 42.7 Å². The van der Waals surface area contributed by atoms with Gasteiger partial charge in [-0.25, -0.2) is 4.98 Å². The SMILES string of the molecule is Nc1ncc(CN2CCC(NC(=O)C3CC3)CC2)s1. The van der Waals surface area contributed by atoms with Crippen molar-refractivity contribution in [3.05, 3.63) is 11.1 Å². The van der Waals surface area contributed by atoms with E-state index in [0.717, 1.165) is 45.3 Å². The van der Waals surface area contributed by atoms with E-state index < -0.39 is 0 Å². The number of rotatable bonds is 4. The number of aromatic nitrogens is 1. The number of nitrogen functional groups attached to an aromatic ring is 1. The molecular formula is C13H20N4OS. The van der Waals surface area contributed by atoms with Gasteiger partial charge in [-0.1, -0.05) is 0 Å². The van der Waals surface area contributed by atoms with E-state index in [1.165, 1.54) is 4.88 Å². The zero-order valence-electron chi connectivity index (χ0n) is 11.0. The highest BCUT2D eigenvalue weighted by Gasteiger charge is 2.31. The van der Waals surface area contributed by atoms with Crippen molar-refractivity contribution >= 4 is 22.4 Å². The normalized spacial score (nSPS) is 21.5. The molecule has 5 nitrogen and oxygen atoms in total. The van der Waals surface area contributed by atoms with Crippen molar-refractivity contribution in [1.82, 2.24) is 15.2 Å². The van der Waals surface area contributed by atoms with Gasteiger partial charge in [0.25, 0.3) is 0 Å². The lowest BCUT2D eigenvalue weighted by atomic mass is 10.0. The number of hydrogen-bond acceptors (Lipinski definition) is 5. The lowest BCUT2D eigenvalue weighted by Gasteiger charge is -2.32. The van der Waals surface area contributed by atoms with E-state index >= 15 is 0 Å². The fraction of sp³-hybridized carbons (Fsp3) is 0.692. The lowest BCUT2D eigenvalue weighted by Crippen LogP contribution is -2.44.